The van der Waals surface area contributed by atoms with Crippen LogP contribution in [0.1, 0.15) is 15.9 Å². The molecule has 8 heteroatoms. The summed E-state index contributed by atoms with van der Waals surface area (Å²) in [5, 5.41) is 21.3. The van der Waals surface area contributed by atoms with Crippen molar-refractivity contribution >= 4 is 39.1 Å². The first kappa shape index (κ1) is 19.2. The minimum Gasteiger partial charge on any atom is -0.504 e. The molecule has 0 bridgehead atoms. The van der Waals surface area contributed by atoms with Crippen molar-refractivity contribution in [1.82, 2.24) is 9.55 Å². The molecule has 0 saturated carbocycles. The minimum atomic E-state index is -0.348. The van der Waals surface area contributed by atoms with Crippen LogP contribution in [-0.2, 0) is 6.54 Å². The van der Waals surface area contributed by atoms with Crippen LogP contribution >= 0.6 is 23.1 Å². The van der Waals surface area contributed by atoms with E-state index in [1.807, 2.05) is 35.7 Å². The van der Waals surface area contributed by atoms with Crippen LogP contribution in [0.4, 0.5) is 0 Å². The van der Waals surface area contributed by atoms with E-state index in [1.54, 1.807) is 10.6 Å². The van der Waals surface area contributed by atoms with Gasteiger partial charge in [0.1, 0.15) is 4.70 Å². The van der Waals surface area contributed by atoms with Crippen LogP contribution in [0, 0.1) is 0 Å². The Balaban J connectivity index is 1.65. The van der Waals surface area contributed by atoms with Crippen molar-refractivity contribution < 1.29 is 15.0 Å². The van der Waals surface area contributed by atoms with Gasteiger partial charge in [0, 0.05) is 5.56 Å². The second-order valence-corrected chi connectivity index (χ2v) is 8.18. The van der Waals surface area contributed by atoms with E-state index in [9.17, 15) is 19.8 Å². The molecule has 0 saturated heterocycles. The van der Waals surface area contributed by atoms with E-state index >= 15 is 0 Å². The predicted octanol–water partition coefficient (Wildman–Crippen LogP) is 3.89. The number of phenolic OH excluding ortho intramolecular Hbond substituents is 2. The van der Waals surface area contributed by atoms with Gasteiger partial charge in [0.2, 0.25) is 0 Å². The lowest BCUT2D eigenvalue weighted by molar-refractivity contribution is 0.102. The molecular formula is C21H16N2O4S2. The van der Waals surface area contributed by atoms with Gasteiger partial charge in [0.05, 0.1) is 17.8 Å². The van der Waals surface area contributed by atoms with Crippen molar-refractivity contribution in [3.05, 3.63) is 81.5 Å². The van der Waals surface area contributed by atoms with Crippen molar-refractivity contribution in [3.8, 4) is 11.5 Å². The normalized spacial score (nSPS) is 11.0. The third-order valence-corrected chi connectivity index (χ3v) is 6.21. The lowest BCUT2D eigenvalue weighted by atomic mass is 10.1. The highest BCUT2D eigenvalue weighted by Crippen LogP contribution is 2.27. The second-order valence-electron chi connectivity index (χ2n) is 6.32. The van der Waals surface area contributed by atoms with E-state index in [0.29, 0.717) is 21.9 Å². The van der Waals surface area contributed by atoms with Gasteiger partial charge in [0.25, 0.3) is 5.56 Å². The highest BCUT2D eigenvalue weighted by Gasteiger charge is 2.16. The number of thiophene rings is 1. The summed E-state index contributed by atoms with van der Waals surface area (Å²) in [5.74, 6) is -0.826. The van der Waals surface area contributed by atoms with Crippen LogP contribution < -0.4 is 5.56 Å². The van der Waals surface area contributed by atoms with Gasteiger partial charge in [-0.1, -0.05) is 42.1 Å². The van der Waals surface area contributed by atoms with E-state index < -0.39 is 0 Å². The zero-order valence-electron chi connectivity index (χ0n) is 15.1. The Bertz CT molecular complexity index is 1250. The summed E-state index contributed by atoms with van der Waals surface area (Å²) in [7, 11) is 0. The van der Waals surface area contributed by atoms with E-state index in [1.165, 1.54) is 41.3 Å². The van der Waals surface area contributed by atoms with Crippen LogP contribution in [0.15, 0.2) is 69.9 Å². The molecule has 0 unspecified atom stereocenters. The molecule has 4 aromatic rings. The molecule has 2 heterocycles. The number of carbonyl (C=O) groups excluding carboxylic acids is 1. The molecule has 146 valence electrons. The molecule has 0 radical (unpaired) electrons. The van der Waals surface area contributed by atoms with Gasteiger partial charge in [-0.25, -0.2) is 4.98 Å². The van der Waals surface area contributed by atoms with Gasteiger partial charge >= 0.3 is 0 Å². The fourth-order valence-corrected chi connectivity index (χ4v) is 4.52. The molecule has 0 aliphatic carbocycles. The van der Waals surface area contributed by atoms with Crippen LogP contribution in [0.25, 0.3) is 10.2 Å². The zero-order valence-corrected chi connectivity index (χ0v) is 16.7. The predicted molar refractivity (Wildman–Crippen MR) is 114 cm³/mol. The van der Waals surface area contributed by atoms with E-state index in [-0.39, 0.29) is 34.2 Å². The van der Waals surface area contributed by atoms with Crippen molar-refractivity contribution in [2.45, 2.75) is 11.7 Å². The van der Waals surface area contributed by atoms with Crippen LogP contribution in [0.5, 0.6) is 11.5 Å². The third kappa shape index (κ3) is 4.03. The number of benzene rings is 2. The maximum atomic E-state index is 13.0. The fourth-order valence-electron chi connectivity index (χ4n) is 2.85. The molecular weight excluding hydrogens is 408 g/mol. The third-order valence-electron chi connectivity index (χ3n) is 4.34. The van der Waals surface area contributed by atoms with Crippen molar-refractivity contribution in [1.29, 1.82) is 0 Å². The SMILES string of the molecule is O=C(CSc1nc2ccsc2c(=O)n1Cc1ccccc1)c1ccc(O)c(O)c1. The molecule has 0 spiro atoms. The number of Topliss-reactive ketones (excluding diaryl/α,β-unsaturated/α-hetero) is 1. The molecule has 2 aromatic heterocycles. The molecule has 29 heavy (non-hydrogen) atoms. The molecule has 2 N–H and O–H groups in total. The first-order valence-electron chi connectivity index (χ1n) is 8.73. The van der Waals surface area contributed by atoms with Gasteiger partial charge in [-0.05, 0) is 35.2 Å². The molecule has 2 aromatic carbocycles. The summed E-state index contributed by atoms with van der Waals surface area (Å²) < 4.78 is 2.17. The summed E-state index contributed by atoms with van der Waals surface area (Å²) in [4.78, 5) is 30.1. The number of rotatable bonds is 6. The maximum Gasteiger partial charge on any atom is 0.272 e. The summed E-state index contributed by atoms with van der Waals surface area (Å²) in [5.41, 5.74) is 1.72. The number of aromatic nitrogens is 2. The van der Waals surface area contributed by atoms with Crippen LogP contribution in [0.2, 0.25) is 0 Å². The van der Waals surface area contributed by atoms with Crippen LogP contribution in [0.3, 0.4) is 0 Å². The highest BCUT2D eigenvalue weighted by molar-refractivity contribution is 7.99. The van der Waals surface area contributed by atoms with Gasteiger partial charge < -0.3 is 10.2 Å². The van der Waals surface area contributed by atoms with Crippen LogP contribution in [-0.4, -0.2) is 31.3 Å². The largest absolute Gasteiger partial charge is 0.504 e. The highest BCUT2D eigenvalue weighted by atomic mass is 32.2. The number of carbonyl (C=O) groups is 1. The summed E-state index contributed by atoms with van der Waals surface area (Å²) in [6.45, 7) is 0.358. The number of aromatic hydroxyl groups is 2. The standard InChI is InChI=1S/C21H16N2O4S2/c24-16-7-6-14(10-17(16)25)18(26)12-29-21-22-15-8-9-28-19(15)20(27)23(21)11-13-4-2-1-3-5-13/h1-10,24-25H,11-12H2. The maximum absolute atomic E-state index is 13.0. The summed E-state index contributed by atoms with van der Waals surface area (Å²) >= 11 is 2.52. The molecule has 0 fully saturated rings. The Kier molecular flexibility index (Phi) is 5.37. The van der Waals surface area contributed by atoms with Gasteiger partial charge in [-0.2, -0.15) is 0 Å². The molecule has 0 amide bonds. The quantitative estimate of drug-likeness (QED) is 0.211. The zero-order chi connectivity index (χ0) is 20.4. The molecule has 0 aliphatic heterocycles. The number of ketones is 1. The van der Waals surface area contributed by atoms with Crippen molar-refractivity contribution in [3.63, 3.8) is 0 Å². The lowest BCUT2D eigenvalue weighted by Crippen LogP contribution is -2.23. The van der Waals surface area contributed by atoms with E-state index in [2.05, 4.69) is 4.98 Å². The summed E-state index contributed by atoms with van der Waals surface area (Å²) in [6.07, 6.45) is 0. The first-order chi connectivity index (χ1) is 14.0. The number of hydrogen-bond acceptors (Lipinski definition) is 7. The monoisotopic (exact) mass is 424 g/mol. The van der Waals surface area contributed by atoms with Gasteiger partial charge in [-0.3, -0.25) is 14.2 Å². The number of hydrogen-bond donors (Lipinski definition) is 2. The number of nitrogens with zero attached hydrogens (tertiary/aromatic N) is 2. The minimum absolute atomic E-state index is 0.0427. The Hall–Kier alpha value is -3.10. The van der Waals surface area contributed by atoms with E-state index in [4.69, 9.17) is 0 Å². The Morgan fingerprint density at radius 1 is 1.07 bits per heavy atom. The lowest BCUT2D eigenvalue weighted by Gasteiger charge is -2.12. The molecule has 4 rings (SSSR count). The van der Waals surface area contributed by atoms with Crippen molar-refractivity contribution in [2.24, 2.45) is 0 Å². The van der Waals surface area contributed by atoms with Gasteiger partial charge in [0.15, 0.2) is 22.4 Å². The fraction of sp³-hybridized carbons (Fsp3) is 0.0952. The first-order valence-corrected chi connectivity index (χ1v) is 10.6. The molecule has 6 nitrogen and oxygen atoms in total. The Morgan fingerprint density at radius 3 is 2.62 bits per heavy atom. The number of phenols is 2. The average Bonchev–Trinajstić information content (AvgIpc) is 3.20. The smallest absolute Gasteiger partial charge is 0.272 e. The second kappa shape index (κ2) is 8.10. The van der Waals surface area contributed by atoms with E-state index in [0.717, 1.165) is 5.56 Å². The average molecular weight is 425 g/mol. The van der Waals surface area contributed by atoms with Gasteiger partial charge in [-0.15, -0.1) is 11.3 Å². The topological polar surface area (TPSA) is 92.4 Å². The summed E-state index contributed by atoms with van der Waals surface area (Å²) in [6, 6.07) is 15.3. The van der Waals surface area contributed by atoms with Crippen molar-refractivity contribution in [2.75, 3.05) is 5.75 Å². The molecule has 0 aliphatic rings. The molecule has 0 atom stereocenters. The Morgan fingerprint density at radius 2 is 1.86 bits per heavy atom. The Labute approximate surface area is 174 Å². The number of thioether (sulfide) groups is 1. The number of fused-ring (bicyclic) bond motifs is 1.